The lowest BCUT2D eigenvalue weighted by Gasteiger charge is -2.15. The second-order valence-corrected chi connectivity index (χ2v) is 8.02. The summed E-state index contributed by atoms with van der Waals surface area (Å²) in [4.78, 5) is 18.7. The first-order valence-corrected chi connectivity index (χ1v) is 10.2. The summed E-state index contributed by atoms with van der Waals surface area (Å²) in [6.07, 6.45) is 0. The standard InChI is InChI=1S/C18H15FN6OS2/c1-24(10-16-20-14-7-2-3-8-15(14)28-16)17(26)11-27-18-21-22-23-25(18)13-6-4-5-12(19)9-13/h2-9H,10-11H2,1H3. The van der Waals surface area contributed by atoms with Crippen molar-refractivity contribution in [3.63, 3.8) is 0 Å². The van der Waals surface area contributed by atoms with E-state index in [1.165, 1.54) is 28.6 Å². The van der Waals surface area contributed by atoms with Gasteiger partial charge in [-0.25, -0.2) is 9.37 Å². The molecule has 1 amide bonds. The number of halogens is 1. The van der Waals surface area contributed by atoms with E-state index in [2.05, 4.69) is 20.5 Å². The van der Waals surface area contributed by atoms with Crippen LogP contribution in [0, 0.1) is 5.82 Å². The molecule has 0 fully saturated rings. The number of thioether (sulfide) groups is 1. The number of hydrogen-bond donors (Lipinski definition) is 0. The maximum absolute atomic E-state index is 13.4. The Morgan fingerprint density at radius 3 is 2.93 bits per heavy atom. The van der Waals surface area contributed by atoms with Crippen molar-refractivity contribution >= 4 is 39.2 Å². The highest BCUT2D eigenvalue weighted by Crippen LogP contribution is 2.23. The van der Waals surface area contributed by atoms with Crippen LogP contribution in [0.5, 0.6) is 0 Å². The van der Waals surface area contributed by atoms with Crippen LogP contribution in [-0.2, 0) is 11.3 Å². The maximum Gasteiger partial charge on any atom is 0.233 e. The number of rotatable bonds is 6. The van der Waals surface area contributed by atoms with Gasteiger partial charge in [0, 0.05) is 7.05 Å². The zero-order chi connectivity index (χ0) is 19.5. The van der Waals surface area contributed by atoms with Gasteiger partial charge in [0.2, 0.25) is 11.1 Å². The van der Waals surface area contributed by atoms with Crippen LogP contribution in [0.25, 0.3) is 15.9 Å². The molecule has 0 bridgehead atoms. The van der Waals surface area contributed by atoms with Gasteiger partial charge in [0.15, 0.2) is 0 Å². The second-order valence-electron chi connectivity index (χ2n) is 5.97. The van der Waals surface area contributed by atoms with E-state index < -0.39 is 0 Å². The molecule has 2 aromatic carbocycles. The minimum Gasteiger partial charge on any atom is -0.338 e. The quantitative estimate of drug-likeness (QED) is 0.451. The molecule has 0 saturated carbocycles. The fraction of sp³-hybridized carbons (Fsp3) is 0.167. The first-order valence-electron chi connectivity index (χ1n) is 8.36. The van der Waals surface area contributed by atoms with E-state index in [9.17, 15) is 9.18 Å². The van der Waals surface area contributed by atoms with Gasteiger partial charge in [-0.2, -0.15) is 4.68 Å². The summed E-state index contributed by atoms with van der Waals surface area (Å²) in [6, 6.07) is 13.9. The molecule has 2 aromatic heterocycles. The summed E-state index contributed by atoms with van der Waals surface area (Å²) in [5.41, 5.74) is 1.44. The van der Waals surface area contributed by atoms with Crippen LogP contribution in [0.2, 0.25) is 0 Å². The molecule has 7 nitrogen and oxygen atoms in total. The Morgan fingerprint density at radius 2 is 2.11 bits per heavy atom. The van der Waals surface area contributed by atoms with Gasteiger partial charge in [0.25, 0.3) is 0 Å². The number of para-hydroxylation sites is 1. The Labute approximate surface area is 168 Å². The molecule has 0 aliphatic carbocycles. The SMILES string of the molecule is CN(Cc1nc2ccccc2s1)C(=O)CSc1nnnn1-c1cccc(F)c1. The van der Waals surface area contributed by atoms with Gasteiger partial charge in [-0.15, -0.1) is 16.4 Å². The largest absolute Gasteiger partial charge is 0.338 e. The molecule has 4 aromatic rings. The molecule has 4 rings (SSSR count). The number of hydrogen-bond acceptors (Lipinski definition) is 7. The second kappa shape index (κ2) is 8.03. The predicted octanol–water partition coefficient (Wildman–Crippen LogP) is 3.16. The fourth-order valence-electron chi connectivity index (χ4n) is 2.55. The van der Waals surface area contributed by atoms with Gasteiger partial charge in [-0.1, -0.05) is 30.0 Å². The summed E-state index contributed by atoms with van der Waals surface area (Å²) in [5.74, 6) is -0.287. The van der Waals surface area contributed by atoms with Crippen LogP contribution in [0.15, 0.2) is 53.7 Å². The topological polar surface area (TPSA) is 76.8 Å². The Kier molecular flexibility index (Phi) is 5.31. The lowest BCUT2D eigenvalue weighted by Crippen LogP contribution is -2.27. The van der Waals surface area contributed by atoms with Crippen LogP contribution in [0.4, 0.5) is 4.39 Å². The number of aromatic nitrogens is 5. The third-order valence-electron chi connectivity index (χ3n) is 3.95. The Bertz CT molecular complexity index is 1090. The van der Waals surface area contributed by atoms with Crippen molar-refractivity contribution in [1.82, 2.24) is 30.1 Å². The summed E-state index contributed by atoms with van der Waals surface area (Å²) in [7, 11) is 1.74. The third kappa shape index (κ3) is 4.02. The molecule has 0 unspecified atom stereocenters. The van der Waals surface area contributed by atoms with E-state index >= 15 is 0 Å². The predicted molar refractivity (Wildman–Crippen MR) is 106 cm³/mol. The van der Waals surface area contributed by atoms with E-state index in [0.717, 1.165) is 15.2 Å². The molecule has 0 spiro atoms. The molecule has 0 atom stereocenters. The fourth-order valence-corrected chi connectivity index (χ4v) is 4.41. The van der Waals surface area contributed by atoms with Crippen LogP contribution < -0.4 is 0 Å². The van der Waals surface area contributed by atoms with Gasteiger partial charge in [-0.3, -0.25) is 4.79 Å². The molecule has 142 valence electrons. The van der Waals surface area contributed by atoms with E-state index in [1.54, 1.807) is 35.4 Å². The zero-order valence-electron chi connectivity index (χ0n) is 14.8. The van der Waals surface area contributed by atoms with Crippen molar-refractivity contribution in [1.29, 1.82) is 0 Å². The van der Waals surface area contributed by atoms with Crippen molar-refractivity contribution in [2.75, 3.05) is 12.8 Å². The highest BCUT2D eigenvalue weighted by atomic mass is 32.2. The molecule has 2 heterocycles. The average molecular weight is 414 g/mol. The molecule has 28 heavy (non-hydrogen) atoms. The average Bonchev–Trinajstić information content (AvgIpc) is 3.32. The number of carbonyl (C=O) groups is 1. The third-order valence-corrected chi connectivity index (χ3v) is 5.88. The number of amides is 1. The maximum atomic E-state index is 13.4. The molecule has 0 radical (unpaired) electrons. The molecule has 0 saturated heterocycles. The van der Waals surface area contributed by atoms with Gasteiger partial charge in [0.1, 0.15) is 10.8 Å². The minimum absolute atomic E-state index is 0.0713. The van der Waals surface area contributed by atoms with Crippen LogP contribution in [0.1, 0.15) is 5.01 Å². The van der Waals surface area contributed by atoms with Crippen molar-refractivity contribution in [3.05, 3.63) is 59.4 Å². The summed E-state index contributed by atoms with van der Waals surface area (Å²) in [6.45, 7) is 0.438. The summed E-state index contributed by atoms with van der Waals surface area (Å²) >= 11 is 2.78. The number of benzene rings is 2. The normalized spacial score (nSPS) is 11.1. The van der Waals surface area contributed by atoms with Gasteiger partial charge in [0.05, 0.1) is 28.2 Å². The van der Waals surface area contributed by atoms with E-state index in [4.69, 9.17) is 0 Å². The van der Waals surface area contributed by atoms with Gasteiger partial charge >= 0.3 is 0 Å². The number of thiazole rings is 1. The smallest absolute Gasteiger partial charge is 0.233 e. The molecular weight excluding hydrogens is 399 g/mol. The molecule has 0 aliphatic heterocycles. The minimum atomic E-state index is -0.379. The lowest BCUT2D eigenvalue weighted by atomic mass is 10.3. The Hall–Kier alpha value is -2.85. The van der Waals surface area contributed by atoms with Gasteiger partial charge < -0.3 is 4.90 Å². The van der Waals surface area contributed by atoms with Gasteiger partial charge in [-0.05, 0) is 40.8 Å². The summed E-state index contributed by atoms with van der Waals surface area (Å²) in [5, 5.41) is 12.7. The number of fused-ring (bicyclic) bond motifs is 1. The van der Waals surface area contributed by atoms with Crippen molar-refractivity contribution in [3.8, 4) is 5.69 Å². The Morgan fingerprint density at radius 1 is 1.25 bits per heavy atom. The van der Waals surface area contributed by atoms with E-state index in [0.29, 0.717) is 17.4 Å². The number of tetrazole rings is 1. The number of nitrogens with zero attached hydrogens (tertiary/aromatic N) is 6. The monoisotopic (exact) mass is 414 g/mol. The van der Waals surface area contributed by atoms with Crippen molar-refractivity contribution in [2.24, 2.45) is 0 Å². The van der Waals surface area contributed by atoms with Crippen molar-refractivity contribution < 1.29 is 9.18 Å². The molecule has 0 aliphatic rings. The molecule has 0 N–H and O–H groups in total. The van der Waals surface area contributed by atoms with E-state index in [1.807, 2.05) is 24.3 Å². The molecule has 10 heteroatoms. The zero-order valence-corrected chi connectivity index (χ0v) is 16.5. The van der Waals surface area contributed by atoms with Crippen molar-refractivity contribution in [2.45, 2.75) is 11.7 Å². The molecular formula is C18H15FN6OS2. The van der Waals surface area contributed by atoms with E-state index in [-0.39, 0.29) is 17.5 Å². The highest BCUT2D eigenvalue weighted by Gasteiger charge is 2.16. The first-order chi connectivity index (χ1) is 13.6. The first kappa shape index (κ1) is 18.5. The van der Waals surface area contributed by atoms with Crippen LogP contribution in [-0.4, -0.2) is 48.8 Å². The van der Waals surface area contributed by atoms with Crippen LogP contribution in [0.3, 0.4) is 0 Å². The lowest BCUT2D eigenvalue weighted by molar-refractivity contribution is -0.127. The highest BCUT2D eigenvalue weighted by molar-refractivity contribution is 7.99. The Balaban J connectivity index is 1.40. The number of carbonyl (C=O) groups excluding carboxylic acids is 1. The van der Waals surface area contributed by atoms with Crippen LogP contribution >= 0.6 is 23.1 Å². The summed E-state index contributed by atoms with van der Waals surface area (Å²) < 4.78 is 16.0.